The number of rotatable bonds is 3. The van der Waals surface area contributed by atoms with Crippen LogP contribution in [0.1, 0.15) is 22.9 Å². The van der Waals surface area contributed by atoms with Crippen molar-refractivity contribution in [1.82, 2.24) is 15.0 Å². The summed E-state index contributed by atoms with van der Waals surface area (Å²) < 4.78 is 0. The molecule has 1 aromatic carbocycles. The Kier molecular flexibility index (Phi) is 3.14. The Labute approximate surface area is 118 Å². The molecule has 3 aromatic rings. The van der Waals surface area contributed by atoms with E-state index < -0.39 is 0 Å². The third-order valence-corrected chi connectivity index (χ3v) is 3.63. The minimum absolute atomic E-state index is 0.690. The lowest BCUT2D eigenvalue weighted by Crippen LogP contribution is -2.02. The molecule has 4 nitrogen and oxygen atoms in total. The molecule has 0 spiro atoms. The molecule has 0 unspecified atom stereocenters. The van der Waals surface area contributed by atoms with Gasteiger partial charge in [-0.05, 0) is 32.9 Å². The van der Waals surface area contributed by atoms with Crippen LogP contribution in [-0.2, 0) is 6.54 Å². The summed E-state index contributed by atoms with van der Waals surface area (Å²) in [5, 5.41) is 5.83. The van der Waals surface area contributed by atoms with Crippen molar-refractivity contribution in [1.29, 1.82) is 0 Å². The van der Waals surface area contributed by atoms with Gasteiger partial charge >= 0.3 is 0 Å². The first-order valence-electron chi connectivity index (χ1n) is 6.75. The Morgan fingerprint density at radius 3 is 2.65 bits per heavy atom. The van der Waals surface area contributed by atoms with Gasteiger partial charge in [-0.1, -0.05) is 12.1 Å². The van der Waals surface area contributed by atoms with E-state index in [0.717, 1.165) is 28.6 Å². The Balaban J connectivity index is 1.89. The first-order chi connectivity index (χ1) is 9.65. The lowest BCUT2D eigenvalue weighted by molar-refractivity contribution is 0.989. The van der Waals surface area contributed by atoms with Gasteiger partial charge in [0.15, 0.2) is 0 Å². The van der Waals surface area contributed by atoms with E-state index in [1.807, 2.05) is 33.0 Å². The van der Waals surface area contributed by atoms with E-state index in [9.17, 15) is 0 Å². The molecule has 0 amide bonds. The number of aromatic amines is 1. The maximum absolute atomic E-state index is 4.49. The van der Waals surface area contributed by atoms with Crippen LogP contribution in [0.4, 0.5) is 5.69 Å². The van der Waals surface area contributed by atoms with Gasteiger partial charge < -0.3 is 10.3 Å². The summed E-state index contributed by atoms with van der Waals surface area (Å²) in [6.07, 6.45) is 1.85. The molecule has 102 valence electrons. The van der Waals surface area contributed by atoms with E-state index in [2.05, 4.69) is 38.5 Å². The van der Waals surface area contributed by atoms with E-state index in [1.165, 1.54) is 10.8 Å². The predicted octanol–water partition coefficient (Wildman–Crippen LogP) is 3.50. The molecule has 4 heteroatoms. The first kappa shape index (κ1) is 12.7. The summed E-state index contributed by atoms with van der Waals surface area (Å²) in [6.45, 7) is 6.78. The number of nitrogens with one attached hydrogen (secondary N) is 2. The average Bonchev–Trinajstić information content (AvgIpc) is 2.76. The number of aryl methyl sites for hydroxylation is 3. The van der Waals surface area contributed by atoms with Crippen LogP contribution in [-0.4, -0.2) is 15.0 Å². The molecule has 2 heterocycles. The lowest BCUT2D eigenvalue weighted by atomic mass is 10.1. The smallest absolute Gasteiger partial charge is 0.125 e. The van der Waals surface area contributed by atoms with Crippen molar-refractivity contribution in [3.8, 4) is 0 Å². The highest BCUT2D eigenvalue weighted by Gasteiger charge is 2.05. The summed E-state index contributed by atoms with van der Waals surface area (Å²) in [6, 6.07) is 8.29. The third-order valence-electron chi connectivity index (χ3n) is 3.63. The van der Waals surface area contributed by atoms with Gasteiger partial charge in [-0.25, -0.2) is 4.98 Å². The van der Waals surface area contributed by atoms with Crippen LogP contribution in [0.5, 0.6) is 0 Å². The van der Waals surface area contributed by atoms with Crippen molar-refractivity contribution in [2.45, 2.75) is 27.3 Å². The van der Waals surface area contributed by atoms with Gasteiger partial charge in [0.2, 0.25) is 0 Å². The fourth-order valence-corrected chi connectivity index (χ4v) is 2.39. The Hall–Kier alpha value is -2.36. The third kappa shape index (κ3) is 2.25. The summed E-state index contributed by atoms with van der Waals surface area (Å²) in [4.78, 5) is 12.1. The number of benzene rings is 1. The molecule has 0 fully saturated rings. The maximum Gasteiger partial charge on any atom is 0.125 e. The molecule has 2 aromatic heterocycles. The number of nitrogens with zero attached hydrogens (tertiary/aromatic N) is 2. The zero-order valence-electron chi connectivity index (χ0n) is 12.0. The van der Waals surface area contributed by atoms with Gasteiger partial charge in [0.1, 0.15) is 5.82 Å². The fourth-order valence-electron chi connectivity index (χ4n) is 2.39. The van der Waals surface area contributed by atoms with Crippen LogP contribution in [0.25, 0.3) is 10.8 Å². The minimum Gasteiger partial charge on any atom is -0.377 e. The van der Waals surface area contributed by atoms with Crippen molar-refractivity contribution in [2.75, 3.05) is 5.32 Å². The largest absolute Gasteiger partial charge is 0.377 e. The number of aromatic nitrogens is 3. The normalized spacial score (nSPS) is 10.9. The van der Waals surface area contributed by atoms with Crippen LogP contribution in [0.3, 0.4) is 0 Å². The highest BCUT2D eigenvalue weighted by atomic mass is 15.0. The van der Waals surface area contributed by atoms with Crippen LogP contribution < -0.4 is 5.32 Å². The molecule has 0 saturated heterocycles. The van der Waals surface area contributed by atoms with Crippen molar-refractivity contribution in [3.05, 3.63) is 53.4 Å². The van der Waals surface area contributed by atoms with Gasteiger partial charge in [0.05, 0.1) is 12.2 Å². The molecule has 0 atom stereocenters. The number of pyridine rings is 1. The van der Waals surface area contributed by atoms with Crippen LogP contribution in [0.2, 0.25) is 0 Å². The van der Waals surface area contributed by atoms with Gasteiger partial charge in [-0.2, -0.15) is 0 Å². The molecule has 20 heavy (non-hydrogen) atoms. The summed E-state index contributed by atoms with van der Waals surface area (Å²) in [5.41, 5.74) is 4.34. The van der Waals surface area contributed by atoms with Gasteiger partial charge in [-0.15, -0.1) is 0 Å². The quantitative estimate of drug-likeness (QED) is 0.763. The van der Waals surface area contributed by atoms with Gasteiger partial charge in [0.25, 0.3) is 0 Å². The maximum atomic E-state index is 4.49. The Morgan fingerprint density at radius 2 is 1.90 bits per heavy atom. The van der Waals surface area contributed by atoms with E-state index in [0.29, 0.717) is 6.54 Å². The van der Waals surface area contributed by atoms with Gasteiger partial charge in [-0.3, -0.25) is 4.98 Å². The molecule has 0 aliphatic heterocycles. The molecular formula is C16H18N4. The number of hydrogen-bond acceptors (Lipinski definition) is 3. The molecular weight excluding hydrogens is 248 g/mol. The number of anilines is 1. The van der Waals surface area contributed by atoms with Crippen molar-refractivity contribution in [2.24, 2.45) is 0 Å². The zero-order valence-corrected chi connectivity index (χ0v) is 12.0. The number of H-pyrrole nitrogens is 1. The number of imidazole rings is 1. The molecule has 2 N–H and O–H groups in total. The second-order valence-electron chi connectivity index (χ2n) is 5.04. The number of fused-ring (bicyclic) bond motifs is 1. The van der Waals surface area contributed by atoms with Gasteiger partial charge in [0, 0.05) is 34.0 Å². The van der Waals surface area contributed by atoms with Crippen molar-refractivity contribution >= 4 is 16.5 Å². The standard InChI is InChI=1S/C16H18N4/c1-10-11(2)20-16(19-10)9-18-15-6-4-5-13-12(3)17-8-7-14(13)15/h4-8,18H,9H2,1-3H3,(H,19,20). The lowest BCUT2D eigenvalue weighted by Gasteiger charge is -2.09. The minimum atomic E-state index is 0.690. The number of hydrogen-bond donors (Lipinski definition) is 2. The van der Waals surface area contributed by atoms with Crippen molar-refractivity contribution < 1.29 is 0 Å². The highest BCUT2D eigenvalue weighted by molar-refractivity contribution is 5.94. The second kappa shape index (κ2) is 4.96. The average molecular weight is 266 g/mol. The molecule has 0 saturated carbocycles. The second-order valence-corrected chi connectivity index (χ2v) is 5.04. The predicted molar refractivity (Wildman–Crippen MR) is 81.9 cm³/mol. The van der Waals surface area contributed by atoms with E-state index >= 15 is 0 Å². The topological polar surface area (TPSA) is 53.6 Å². The molecule has 0 aliphatic carbocycles. The molecule has 3 rings (SSSR count). The Morgan fingerprint density at radius 1 is 1.05 bits per heavy atom. The summed E-state index contributed by atoms with van der Waals surface area (Å²) in [7, 11) is 0. The van der Waals surface area contributed by atoms with Crippen LogP contribution >= 0.6 is 0 Å². The molecule has 0 radical (unpaired) electrons. The van der Waals surface area contributed by atoms with E-state index in [-0.39, 0.29) is 0 Å². The summed E-state index contributed by atoms with van der Waals surface area (Å²) >= 11 is 0. The first-order valence-corrected chi connectivity index (χ1v) is 6.75. The highest BCUT2D eigenvalue weighted by Crippen LogP contribution is 2.24. The van der Waals surface area contributed by atoms with Crippen molar-refractivity contribution in [3.63, 3.8) is 0 Å². The monoisotopic (exact) mass is 266 g/mol. The SMILES string of the molecule is Cc1nc(CNc2cccc3c(C)nccc23)[nH]c1C. The summed E-state index contributed by atoms with van der Waals surface area (Å²) in [5.74, 6) is 0.961. The molecule has 0 bridgehead atoms. The molecule has 0 aliphatic rings. The van der Waals surface area contributed by atoms with Crippen LogP contribution in [0.15, 0.2) is 30.5 Å². The zero-order chi connectivity index (χ0) is 14.1. The Bertz CT molecular complexity index is 739. The fraction of sp³-hybridized carbons (Fsp3) is 0.250. The van der Waals surface area contributed by atoms with Crippen LogP contribution in [0, 0.1) is 20.8 Å². The van der Waals surface area contributed by atoms with E-state index in [1.54, 1.807) is 0 Å². The van der Waals surface area contributed by atoms with E-state index in [4.69, 9.17) is 0 Å².